The second kappa shape index (κ2) is 6.02. The van der Waals surface area contributed by atoms with Crippen LogP contribution in [0.2, 0.25) is 0 Å². The van der Waals surface area contributed by atoms with Crippen molar-refractivity contribution in [3.8, 4) is 5.75 Å². The predicted octanol–water partition coefficient (Wildman–Crippen LogP) is 4.03. The Morgan fingerprint density at radius 1 is 1.10 bits per heavy atom. The summed E-state index contributed by atoms with van der Waals surface area (Å²) in [7, 11) is 1.69. The number of aromatic amines is 1. The molecule has 3 rings (SSSR count). The van der Waals surface area contributed by atoms with Crippen LogP contribution in [0.4, 0.5) is 0 Å². The third-order valence-corrected chi connectivity index (χ3v) is 3.85. The third kappa shape index (κ3) is 3.09. The van der Waals surface area contributed by atoms with E-state index in [-0.39, 0.29) is 0 Å². The van der Waals surface area contributed by atoms with E-state index in [0.29, 0.717) is 6.04 Å². The number of benzene rings is 2. The van der Waals surface area contributed by atoms with E-state index < -0.39 is 0 Å². The molecule has 0 radical (unpaired) electrons. The molecule has 0 fully saturated rings. The number of nitrogens with one attached hydrogen (secondary N) is 2. The lowest BCUT2D eigenvalue weighted by Crippen LogP contribution is -2.17. The summed E-state index contributed by atoms with van der Waals surface area (Å²) < 4.78 is 5.19. The van der Waals surface area contributed by atoms with Gasteiger partial charge in [-0.15, -0.1) is 0 Å². The maximum atomic E-state index is 5.19. The van der Waals surface area contributed by atoms with Gasteiger partial charge in [0.05, 0.1) is 7.11 Å². The highest BCUT2D eigenvalue weighted by atomic mass is 16.5. The SMILES string of the molecule is COc1ccc([C@@H](C)NCc2ccc3[nH]ccc3c2)cc1. The molecule has 1 aromatic heterocycles. The molecule has 0 aliphatic heterocycles. The topological polar surface area (TPSA) is 37.0 Å². The first-order valence-electron chi connectivity index (χ1n) is 7.19. The van der Waals surface area contributed by atoms with E-state index in [2.05, 4.69) is 53.6 Å². The second-order valence-corrected chi connectivity index (χ2v) is 5.28. The van der Waals surface area contributed by atoms with Gasteiger partial charge in [-0.05, 0) is 53.8 Å². The minimum absolute atomic E-state index is 0.304. The summed E-state index contributed by atoms with van der Waals surface area (Å²) in [6, 6.07) is 17.1. The van der Waals surface area contributed by atoms with Gasteiger partial charge in [-0.2, -0.15) is 0 Å². The molecule has 0 spiro atoms. The summed E-state index contributed by atoms with van der Waals surface area (Å²) in [5, 5.41) is 4.81. The summed E-state index contributed by atoms with van der Waals surface area (Å²) in [5.74, 6) is 0.892. The van der Waals surface area contributed by atoms with Crippen LogP contribution in [0.25, 0.3) is 10.9 Å². The van der Waals surface area contributed by atoms with Gasteiger partial charge in [0.25, 0.3) is 0 Å². The molecule has 3 aromatic rings. The predicted molar refractivity (Wildman–Crippen MR) is 86.5 cm³/mol. The summed E-state index contributed by atoms with van der Waals surface area (Å²) in [6.07, 6.45) is 1.97. The highest BCUT2D eigenvalue weighted by Gasteiger charge is 2.05. The van der Waals surface area contributed by atoms with Crippen LogP contribution in [-0.4, -0.2) is 12.1 Å². The van der Waals surface area contributed by atoms with Gasteiger partial charge in [0, 0.05) is 24.3 Å². The van der Waals surface area contributed by atoms with Crippen molar-refractivity contribution in [1.82, 2.24) is 10.3 Å². The lowest BCUT2D eigenvalue weighted by molar-refractivity contribution is 0.414. The van der Waals surface area contributed by atoms with Crippen LogP contribution in [0.15, 0.2) is 54.7 Å². The molecule has 2 aromatic carbocycles. The third-order valence-electron chi connectivity index (χ3n) is 3.85. The maximum Gasteiger partial charge on any atom is 0.118 e. The Hall–Kier alpha value is -2.26. The maximum absolute atomic E-state index is 5.19. The molecule has 3 nitrogen and oxygen atoms in total. The molecule has 3 heteroatoms. The van der Waals surface area contributed by atoms with Crippen LogP contribution in [0.1, 0.15) is 24.1 Å². The highest BCUT2D eigenvalue weighted by Crippen LogP contribution is 2.19. The zero-order valence-electron chi connectivity index (χ0n) is 12.4. The number of ether oxygens (including phenoxy) is 1. The van der Waals surface area contributed by atoms with Gasteiger partial charge in [0.1, 0.15) is 5.75 Å². The average Bonchev–Trinajstić information content (AvgIpc) is 3.00. The van der Waals surface area contributed by atoms with Crippen molar-refractivity contribution in [2.75, 3.05) is 7.11 Å². The minimum Gasteiger partial charge on any atom is -0.497 e. The molecule has 0 saturated carbocycles. The van der Waals surface area contributed by atoms with E-state index in [9.17, 15) is 0 Å². The second-order valence-electron chi connectivity index (χ2n) is 5.28. The summed E-state index contributed by atoms with van der Waals surface area (Å²) in [5.41, 5.74) is 3.74. The van der Waals surface area contributed by atoms with E-state index in [0.717, 1.165) is 12.3 Å². The van der Waals surface area contributed by atoms with E-state index in [1.165, 1.54) is 22.0 Å². The van der Waals surface area contributed by atoms with E-state index in [1.54, 1.807) is 7.11 Å². The largest absolute Gasteiger partial charge is 0.497 e. The van der Waals surface area contributed by atoms with E-state index in [4.69, 9.17) is 4.74 Å². The van der Waals surface area contributed by atoms with Crippen molar-refractivity contribution in [2.45, 2.75) is 19.5 Å². The van der Waals surface area contributed by atoms with Gasteiger partial charge in [-0.3, -0.25) is 0 Å². The smallest absolute Gasteiger partial charge is 0.118 e. The fourth-order valence-electron chi connectivity index (χ4n) is 2.49. The number of aromatic nitrogens is 1. The number of H-pyrrole nitrogens is 1. The quantitative estimate of drug-likeness (QED) is 0.740. The molecule has 108 valence electrons. The van der Waals surface area contributed by atoms with Crippen molar-refractivity contribution in [2.24, 2.45) is 0 Å². The van der Waals surface area contributed by atoms with Gasteiger partial charge in [0.15, 0.2) is 0 Å². The molecule has 2 N–H and O–H groups in total. The van der Waals surface area contributed by atoms with Crippen LogP contribution in [0.3, 0.4) is 0 Å². The molecule has 0 aliphatic carbocycles. The fourth-order valence-corrected chi connectivity index (χ4v) is 2.49. The average molecular weight is 280 g/mol. The monoisotopic (exact) mass is 280 g/mol. The lowest BCUT2D eigenvalue weighted by Gasteiger charge is -2.15. The molecule has 0 aliphatic rings. The van der Waals surface area contributed by atoms with Gasteiger partial charge < -0.3 is 15.0 Å². The Balaban J connectivity index is 1.65. The highest BCUT2D eigenvalue weighted by molar-refractivity contribution is 5.79. The number of hydrogen-bond donors (Lipinski definition) is 2. The first-order valence-corrected chi connectivity index (χ1v) is 7.19. The Labute approximate surface area is 125 Å². The number of fused-ring (bicyclic) bond motifs is 1. The first kappa shape index (κ1) is 13.7. The molecule has 1 atom stereocenters. The Morgan fingerprint density at radius 2 is 1.90 bits per heavy atom. The Morgan fingerprint density at radius 3 is 2.67 bits per heavy atom. The zero-order chi connectivity index (χ0) is 14.7. The van der Waals surface area contributed by atoms with Crippen molar-refractivity contribution in [3.63, 3.8) is 0 Å². The standard InChI is InChI=1S/C18H20N2O/c1-13(15-4-6-17(21-2)7-5-15)20-12-14-3-8-18-16(11-14)9-10-19-18/h3-11,13,19-20H,12H2,1-2H3/t13-/m1/s1. The molecular weight excluding hydrogens is 260 g/mol. The van der Waals surface area contributed by atoms with Crippen LogP contribution in [0.5, 0.6) is 5.75 Å². The van der Waals surface area contributed by atoms with Gasteiger partial charge in [0.2, 0.25) is 0 Å². The minimum atomic E-state index is 0.304. The number of rotatable bonds is 5. The number of hydrogen-bond acceptors (Lipinski definition) is 2. The van der Waals surface area contributed by atoms with Crippen molar-refractivity contribution in [1.29, 1.82) is 0 Å². The van der Waals surface area contributed by atoms with Crippen molar-refractivity contribution in [3.05, 3.63) is 65.9 Å². The van der Waals surface area contributed by atoms with Gasteiger partial charge >= 0.3 is 0 Å². The molecule has 0 amide bonds. The molecule has 21 heavy (non-hydrogen) atoms. The van der Waals surface area contributed by atoms with Gasteiger partial charge in [-0.25, -0.2) is 0 Å². The van der Waals surface area contributed by atoms with Gasteiger partial charge in [-0.1, -0.05) is 18.2 Å². The van der Waals surface area contributed by atoms with E-state index in [1.807, 2.05) is 18.3 Å². The van der Waals surface area contributed by atoms with Crippen molar-refractivity contribution >= 4 is 10.9 Å². The molecule has 1 heterocycles. The molecule has 0 saturated heterocycles. The number of methoxy groups -OCH3 is 1. The molecule has 0 bridgehead atoms. The normalized spacial score (nSPS) is 12.5. The molecular formula is C18H20N2O. The summed E-state index contributed by atoms with van der Waals surface area (Å²) in [6.45, 7) is 3.03. The Bertz CT molecular complexity index is 715. The summed E-state index contributed by atoms with van der Waals surface area (Å²) in [4.78, 5) is 3.22. The lowest BCUT2D eigenvalue weighted by atomic mass is 10.1. The molecule has 0 unspecified atom stereocenters. The fraction of sp³-hybridized carbons (Fsp3) is 0.222. The Kier molecular flexibility index (Phi) is 3.93. The van der Waals surface area contributed by atoms with Crippen LogP contribution in [0, 0.1) is 0 Å². The van der Waals surface area contributed by atoms with Crippen LogP contribution >= 0.6 is 0 Å². The van der Waals surface area contributed by atoms with Crippen LogP contribution < -0.4 is 10.1 Å². The first-order chi connectivity index (χ1) is 10.3. The van der Waals surface area contributed by atoms with Crippen LogP contribution in [-0.2, 0) is 6.54 Å². The van der Waals surface area contributed by atoms with E-state index >= 15 is 0 Å². The van der Waals surface area contributed by atoms with Crippen molar-refractivity contribution < 1.29 is 4.74 Å². The summed E-state index contributed by atoms with van der Waals surface area (Å²) >= 11 is 0. The zero-order valence-corrected chi connectivity index (χ0v) is 12.4.